The van der Waals surface area contributed by atoms with Gasteiger partial charge in [0.1, 0.15) is 11.3 Å². The van der Waals surface area contributed by atoms with Crippen LogP contribution in [0.5, 0.6) is 0 Å². The molecule has 148 valence electrons. The molecule has 1 atom stereocenters. The van der Waals surface area contributed by atoms with Crippen molar-refractivity contribution >= 4 is 22.6 Å². The monoisotopic (exact) mass is 379 g/mol. The van der Waals surface area contributed by atoms with Gasteiger partial charge >= 0.3 is 0 Å². The summed E-state index contributed by atoms with van der Waals surface area (Å²) in [6.45, 7) is 5.94. The van der Waals surface area contributed by atoms with Crippen molar-refractivity contribution < 1.29 is 9.21 Å². The number of hydrogen-bond donors (Lipinski definition) is 1. The molecule has 1 N–H and O–H groups in total. The summed E-state index contributed by atoms with van der Waals surface area (Å²) in [6, 6.07) is 18.1. The summed E-state index contributed by atoms with van der Waals surface area (Å²) in [5.74, 6) is 0.775. The Morgan fingerprint density at radius 2 is 1.82 bits per heavy atom. The minimum absolute atomic E-state index is 0.000261. The zero-order valence-electron chi connectivity index (χ0n) is 17.1. The lowest BCUT2D eigenvalue weighted by Gasteiger charge is -2.21. The van der Waals surface area contributed by atoms with E-state index in [0.29, 0.717) is 6.54 Å². The van der Waals surface area contributed by atoms with Crippen LogP contribution in [0.1, 0.15) is 31.2 Å². The fraction of sp³-hybridized carbons (Fsp3) is 0.348. The Hall–Kier alpha value is -2.79. The summed E-state index contributed by atoms with van der Waals surface area (Å²) in [4.78, 5) is 16.8. The number of benzene rings is 2. The van der Waals surface area contributed by atoms with Crippen molar-refractivity contribution in [2.75, 3.05) is 32.1 Å². The molecular weight excluding hydrogens is 350 g/mol. The Bertz CT molecular complexity index is 882. The summed E-state index contributed by atoms with van der Waals surface area (Å²) in [5.41, 5.74) is 3.21. The molecule has 5 nitrogen and oxygen atoms in total. The first-order valence-electron chi connectivity index (χ1n) is 9.72. The Kier molecular flexibility index (Phi) is 6.37. The van der Waals surface area contributed by atoms with E-state index in [-0.39, 0.29) is 11.9 Å². The van der Waals surface area contributed by atoms with Crippen LogP contribution in [0.4, 0.5) is 5.69 Å². The molecule has 3 rings (SSSR count). The highest BCUT2D eigenvalue weighted by Crippen LogP contribution is 2.23. The van der Waals surface area contributed by atoms with Gasteiger partial charge in [0.25, 0.3) is 0 Å². The average molecular weight is 380 g/mol. The number of rotatable bonds is 8. The summed E-state index contributed by atoms with van der Waals surface area (Å²) in [5, 5.41) is 4.10. The fourth-order valence-electron chi connectivity index (χ4n) is 3.21. The molecule has 0 aliphatic heterocycles. The standard InChI is InChI=1S/C23H29N3O2/c1-5-26(15-18-10-12-20(13-11-18)25(3)4)16-23(27)24-17(2)22-14-19-8-6-7-9-21(19)28-22/h6-14,17H,5,15-16H2,1-4H3,(H,24,27)/t17-/m0/s1. The predicted octanol–water partition coefficient (Wildman–Crippen LogP) is 4.20. The predicted molar refractivity (Wildman–Crippen MR) is 114 cm³/mol. The van der Waals surface area contributed by atoms with Gasteiger partial charge in [-0.2, -0.15) is 0 Å². The lowest BCUT2D eigenvalue weighted by Crippen LogP contribution is -2.37. The molecular formula is C23H29N3O2. The topological polar surface area (TPSA) is 48.7 Å². The number of carbonyl (C=O) groups excluding carboxylic acids is 1. The lowest BCUT2D eigenvalue weighted by atomic mass is 10.2. The minimum atomic E-state index is -0.169. The van der Waals surface area contributed by atoms with Crippen molar-refractivity contribution in [1.82, 2.24) is 10.2 Å². The molecule has 0 bridgehead atoms. The number of hydrogen-bond acceptors (Lipinski definition) is 4. The van der Waals surface area contributed by atoms with Gasteiger partial charge in [0.15, 0.2) is 0 Å². The molecule has 0 fully saturated rings. The number of nitrogens with zero attached hydrogens (tertiary/aromatic N) is 2. The minimum Gasteiger partial charge on any atom is -0.459 e. The Morgan fingerprint density at radius 1 is 1.11 bits per heavy atom. The molecule has 3 aromatic rings. The van der Waals surface area contributed by atoms with Crippen LogP contribution in [0.15, 0.2) is 59.0 Å². The van der Waals surface area contributed by atoms with Crippen molar-refractivity contribution in [3.63, 3.8) is 0 Å². The first-order chi connectivity index (χ1) is 13.5. The van der Waals surface area contributed by atoms with Gasteiger partial charge in [-0.1, -0.05) is 37.3 Å². The van der Waals surface area contributed by atoms with Gasteiger partial charge in [0.2, 0.25) is 5.91 Å². The largest absolute Gasteiger partial charge is 0.459 e. The van der Waals surface area contributed by atoms with E-state index < -0.39 is 0 Å². The van der Waals surface area contributed by atoms with E-state index in [9.17, 15) is 4.79 Å². The zero-order chi connectivity index (χ0) is 20.1. The molecule has 0 saturated carbocycles. The van der Waals surface area contributed by atoms with Gasteiger partial charge in [-0.15, -0.1) is 0 Å². The number of likely N-dealkylation sites (N-methyl/N-ethyl adjacent to an activating group) is 1. The summed E-state index contributed by atoms with van der Waals surface area (Å²) < 4.78 is 5.86. The molecule has 2 aromatic carbocycles. The van der Waals surface area contributed by atoms with Crippen molar-refractivity contribution in [3.05, 3.63) is 65.9 Å². The van der Waals surface area contributed by atoms with Crippen molar-refractivity contribution in [2.45, 2.75) is 26.4 Å². The van der Waals surface area contributed by atoms with E-state index in [0.717, 1.165) is 29.8 Å². The van der Waals surface area contributed by atoms with E-state index >= 15 is 0 Å². The second-order valence-corrected chi connectivity index (χ2v) is 7.34. The number of carbonyl (C=O) groups is 1. The quantitative estimate of drug-likeness (QED) is 0.637. The van der Waals surface area contributed by atoms with Crippen molar-refractivity contribution in [2.24, 2.45) is 0 Å². The van der Waals surface area contributed by atoms with E-state index in [1.165, 1.54) is 11.3 Å². The Morgan fingerprint density at radius 3 is 2.46 bits per heavy atom. The fourth-order valence-corrected chi connectivity index (χ4v) is 3.21. The summed E-state index contributed by atoms with van der Waals surface area (Å²) in [6.07, 6.45) is 0. The molecule has 1 aromatic heterocycles. The van der Waals surface area contributed by atoms with Gasteiger partial charge in [0, 0.05) is 31.7 Å². The number of amides is 1. The molecule has 0 radical (unpaired) electrons. The summed E-state index contributed by atoms with van der Waals surface area (Å²) in [7, 11) is 4.06. The molecule has 1 amide bonds. The highest BCUT2D eigenvalue weighted by molar-refractivity contribution is 5.80. The van der Waals surface area contributed by atoms with Gasteiger partial charge in [-0.25, -0.2) is 0 Å². The van der Waals surface area contributed by atoms with E-state index in [1.807, 2.05) is 51.4 Å². The number of fused-ring (bicyclic) bond motifs is 1. The number of anilines is 1. The van der Waals surface area contributed by atoms with Crippen LogP contribution >= 0.6 is 0 Å². The number of nitrogens with one attached hydrogen (secondary N) is 1. The first kappa shape index (κ1) is 20.0. The Labute approximate surface area is 166 Å². The third-order valence-corrected chi connectivity index (χ3v) is 4.92. The van der Waals surface area contributed by atoms with Crippen LogP contribution in [0, 0.1) is 0 Å². The van der Waals surface area contributed by atoms with Gasteiger partial charge in [-0.05, 0) is 43.3 Å². The first-order valence-corrected chi connectivity index (χ1v) is 9.72. The molecule has 0 aliphatic rings. The molecule has 0 spiro atoms. The smallest absolute Gasteiger partial charge is 0.234 e. The number of furan rings is 1. The van der Waals surface area contributed by atoms with Crippen LogP contribution in [-0.2, 0) is 11.3 Å². The number of para-hydroxylation sites is 1. The third-order valence-electron chi connectivity index (χ3n) is 4.92. The molecule has 5 heteroatoms. The van der Waals surface area contributed by atoms with Crippen LogP contribution < -0.4 is 10.2 Å². The maximum atomic E-state index is 12.5. The van der Waals surface area contributed by atoms with Gasteiger partial charge in [-0.3, -0.25) is 9.69 Å². The van der Waals surface area contributed by atoms with Gasteiger partial charge < -0.3 is 14.6 Å². The Balaban J connectivity index is 1.57. The average Bonchev–Trinajstić information content (AvgIpc) is 3.12. The van der Waals surface area contributed by atoms with E-state index in [1.54, 1.807) is 0 Å². The molecule has 28 heavy (non-hydrogen) atoms. The van der Waals surface area contributed by atoms with Gasteiger partial charge in [0.05, 0.1) is 12.6 Å². The van der Waals surface area contributed by atoms with Crippen LogP contribution in [0.3, 0.4) is 0 Å². The van der Waals surface area contributed by atoms with Crippen LogP contribution in [0.2, 0.25) is 0 Å². The highest BCUT2D eigenvalue weighted by atomic mass is 16.3. The van der Waals surface area contributed by atoms with Crippen molar-refractivity contribution in [3.8, 4) is 0 Å². The zero-order valence-corrected chi connectivity index (χ0v) is 17.1. The molecule has 0 unspecified atom stereocenters. The maximum absolute atomic E-state index is 12.5. The van der Waals surface area contributed by atoms with Crippen molar-refractivity contribution in [1.29, 1.82) is 0 Å². The third kappa shape index (κ3) is 4.93. The maximum Gasteiger partial charge on any atom is 0.234 e. The normalized spacial score (nSPS) is 12.3. The highest BCUT2D eigenvalue weighted by Gasteiger charge is 2.16. The second-order valence-electron chi connectivity index (χ2n) is 7.34. The van der Waals surface area contributed by atoms with Crippen LogP contribution in [0.25, 0.3) is 11.0 Å². The molecule has 0 aliphatic carbocycles. The molecule has 1 heterocycles. The summed E-state index contributed by atoms with van der Waals surface area (Å²) >= 11 is 0. The SMILES string of the molecule is CCN(CC(=O)N[C@@H](C)c1cc2ccccc2o1)Cc1ccc(N(C)C)cc1. The lowest BCUT2D eigenvalue weighted by molar-refractivity contribution is -0.123. The molecule has 0 saturated heterocycles. The van der Waals surface area contributed by atoms with Crippen LogP contribution in [-0.4, -0.2) is 38.0 Å². The van der Waals surface area contributed by atoms with E-state index in [4.69, 9.17) is 4.42 Å². The van der Waals surface area contributed by atoms with E-state index in [2.05, 4.69) is 46.3 Å². The second kappa shape index (κ2) is 8.93.